The smallest absolute Gasteiger partial charge is 0.168 e. The first kappa shape index (κ1) is 21.1. The van der Waals surface area contributed by atoms with Gasteiger partial charge in [0.1, 0.15) is 0 Å². The Morgan fingerprint density at radius 2 is 1.88 bits per heavy atom. The molecule has 1 spiro atoms. The minimum Gasteiger partial charge on any atom is -0.383 e. The summed E-state index contributed by atoms with van der Waals surface area (Å²) in [6.45, 7) is 14.1. The molecule has 2 fully saturated rings. The molecule has 2 aliphatic rings. The van der Waals surface area contributed by atoms with Gasteiger partial charge in [0.2, 0.25) is 0 Å². The van der Waals surface area contributed by atoms with E-state index in [1.54, 1.807) is 7.11 Å². The van der Waals surface area contributed by atoms with Gasteiger partial charge in [-0.05, 0) is 43.6 Å². The molecule has 1 saturated heterocycles. The standard InChI is InChI=1S/C21H41NO3/c1-6-11-20(3,4)18-8-12-21(13-9-18)24-17-19(25-21)10-14-22(7-2)15-16-23-5/h18-19H,6-17H2,1-5H3/t18?,19-,21?/m0/s1. The lowest BCUT2D eigenvalue weighted by Gasteiger charge is -2.42. The molecule has 2 rings (SSSR count). The third kappa shape index (κ3) is 5.92. The number of rotatable bonds is 10. The largest absolute Gasteiger partial charge is 0.383 e. The Bertz CT molecular complexity index is 377. The zero-order valence-electron chi connectivity index (χ0n) is 17.3. The molecule has 0 N–H and O–H groups in total. The SMILES string of the molecule is CCCC(C)(C)C1CCC2(CC1)OC[C@H](CCN(CC)CCOC)O2. The molecule has 0 aromatic heterocycles. The summed E-state index contributed by atoms with van der Waals surface area (Å²) in [6, 6.07) is 0. The van der Waals surface area contributed by atoms with Crippen molar-refractivity contribution in [2.45, 2.75) is 84.5 Å². The van der Waals surface area contributed by atoms with Crippen LogP contribution in [0.1, 0.15) is 72.6 Å². The third-order valence-corrected chi connectivity index (χ3v) is 6.49. The molecule has 4 heteroatoms. The molecule has 4 nitrogen and oxygen atoms in total. The Morgan fingerprint density at radius 1 is 1.16 bits per heavy atom. The van der Waals surface area contributed by atoms with Gasteiger partial charge in [-0.2, -0.15) is 0 Å². The number of ether oxygens (including phenoxy) is 3. The van der Waals surface area contributed by atoms with Crippen molar-refractivity contribution in [1.29, 1.82) is 0 Å². The lowest BCUT2D eigenvalue weighted by molar-refractivity contribution is -0.197. The van der Waals surface area contributed by atoms with Crippen molar-refractivity contribution in [1.82, 2.24) is 4.90 Å². The zero-order valence-corrected chi connectivity index (χ0v) is 17.3. The van der Waals surface area contributed by atoms with Crippen LogP contribution in [0.3, 0.4) is 0 Å². The molecular weight excluding hydrogens is 314 g/mol. The van der Waals surface area contributed by atoms with Gasteiger partial charge in [0.15, 0.2) is 5.79 Å². The fourth-order valence-corrected chi connectivity index (χ4v) is 4.68. The molecule has 0 amide bonds. The second kappa shape index (κ2) is 9.68. The number of hydrogen-bond donors (Lipinski definition) is 0. The summed E-state index contributed by atoms with van der Waals surface area (Å²) in [5, 5.41) is 0. The third-order valence-electron chi connectivity index (χ3n) is 6.49. The lowest BCUT2D eigenvalue weighted by atomic mass is 9.68. The van der Waals surface area contributed by atoms with Crippen molar-refractivity contribution in [3.8, 4) is 0 Å². The number of likely N-dealkylation sites (N-methyl/N-ethyl adjacent to an activating group) is 1. The Labute approximate surface area is 155 Å². The van der Waals surface area contributed by atoms with Gasteiger partial charge in [-0.15, -0.1) is 0 Å². The van der Waals surface area contributed by atoms with E-state index < -0.39 is 0 Å². The predicted molar refractivity (Wildman–Crippen MR) is 103 cm³/mol. The van der Waals surface area contributed by atoms with E-state index in [2.05, 4.69) is 32.6 Å². The molecule has 0 aromatic rings. The first-order valence-electron chi connectivity index (χ1n) is 10.5. The van der Waals surface area contributed by atoms with E-state index in [9.17, 15) is 0 Å². The lowest BCUT2D eigenvalue weighted by Crippen LogP contribution is -2.39. The van der Waals surface area contributed by atoms with Gasteiger partial charge >= 0.3 is 0 Å². The van der Waals surface area contributed by atoms with E-state index in [1.807, 2.05) is 0 Å². The highest BCUT2D eigenvalue weighted by Gasteiger charge is 2.46. The number of hydrogen-bond acceptors (Lipinski definition) is 4. The van der Waals surface area contributed by atoms with Gasteiger partial charge < -0.3 is 19.1 Å². The highest BCUT2D eigenvalue weighted by Crippen LogP contribution is 2.47. The number of nitrogens with zero attached hydrogens (tertiary/aromatic N) is 1. The van der Waals surface area contributed by atoms with Crippen molar-refractivity contribution < 1.29 is 14.2 Å². The molecule has 0 bridgehead atoms. The van der Waals surface area contributed by atoms with Crippen molar-refractivity contribution >= 4 is 0 Å². The van der Waals surface area contributed by atoms with Gasteiger partial charge in [-0.25, -0.2) is 0 Å². The van der Waals surface area contributed by atoms with Crippen LogP contribution < -0.4 is 0 Å². The van der Waals surface area contributed by atoms with Crippen LogP contribution in [0.2, 0.25) is 0 Å². The van der Waals surface area contributed by atoms with E-state index in [0.717, 1.165) is 58.0 Å². The predicted octanol–water partition coefficient (Wildman–Crippen LogP) is 4.47. The van der Waals surface area contributed by atoms with Crippen LogP contribution in [0.4, 0.5) is 0 Å². The minimum absolute atomic E-state index is 0.261. The van der Waals surface area contributed by atoms with E-state index in [0.29, 0.717) is 5.41 Å². The Kier molecular flexibility index (Phi) is 8.19. The summed E-state index contributed by atoms with van der Waals surface area (Å²) in [5.74, 6) is 0.543. The Morgan fingerprint density at radius 3 is 2.48 bits per heavy atom. The fourth-order valence-electron chi connectivity index (χ4n) is 4.68. The van der Waals surface area contributed by atoms with Gasteiger partial charge in [0.25, 0.3) is 0 Å². The molecule has 25 heavy (non-hydrogen) atoms. The van der Waals surface area contributed by atoms with Crippen molar-refractivity contribution in [3.63, 3.8) is 0 Å². The highest BCUT2D eigenvalue weighted by atomic mass is 16.7. The van der Waals surface area contributed by atoms with E-state index in [4.69, 9.17) is 14.2 Å². The second-order valence-electron chi connectivity index (χ2n) is 8.69. The summed E-state index contributed by atoms with van der Waals surface area (Å²) >= 11 is 0. The van der Waals surface area contributed by atoms with Crippen LogP contribution in [0.15, 0.2) is 0 Å². The molecule has 0 radical (unpaired) electrons. The summed E-state index contributed by atoms with van der Waals surface area (Å²) in [6.07, 6.45) is 8.55. The van der Waals surface area contributed by atoms with Crippen molar-refractivity contribution in [2.75, 3.05) is 40.0 Å². The monoisotopic (exact) mass is 355 g/mol. The molecular formula is C21H41NO3. The first-order chi connectivity index (χ1) is 11.9. The summed E-state index contributed by atoms with van der Waals surface area (Å²) in [7, 11) is 1.77. The summed E-state index contributed by atoms with van der Waals surface area (Å²) < 4.78 is 17.8. The van der Waals surface area contributed by atoms with Crippen LogP contribution in [-0.2, 0) is 14.2 Å². The first-order valence-corrected chi connectivity index (χ1v) is 10.5. The molecule has 0 unspecified atom stereocenters. The fraction of sp³-hybridized carbons (Fsp3) is 1.00. The molecule has 148 valence electrons. The van der Waals surface area contributed by atoms with Crippen LogP contribution in [0.25, 0.3) is 0 Å². The zero-order chi connectivity index (χ0) is 18.3. The topological polar surface area (TPSA) is 30.9 Å². The van der Waals surface area contributed by atoms with Crippen LogP contribution >= 0.6 is 0 Å². The van der Waals surface area contributed by atoms with Gasteiger partial charge in [0, 0.05) is 33.0 Å². The molecule has 1 heterocycles. The Hall–Kier alpha value is -0.160. The highest BCUT2D eigenvalue weighted by molar-refractivity contribution is 4.90. The van der Waals surface area contributed by atoms with Crippen LogP contribution in [-0.4, -0.2) is 56.7 Å². The maximum atomic E-state index is 6.43. The van der Waals surface area contributed by atoms with Crippen molar-refractivity contribution in [2.24, 2.45) is 11.3 Å². The minimum atomic E-state index is -0.271. The quantitative estimate of drug-likeness (QED) is 0.578. The van der Waals surface area contributed by atoms with E-state index in [1.165, 1.54) is 25.7 Å². The molecule has 0 aromatic carbocycles. The molecule has 1 aliphatic heterocycles. The maximum absolute atomic E-state index is 6.43. The molecule has 1 saturated carbocycles. The summed E-state index contributed by atoms with van der Waals surface area (Å²) in [5.41, 5.74) is 0.456. The average molecular weight is 356 g/mol. The van der Waals surface area contributed by atoms with Gasteiger partial charge in [-0.3, -0.25) is 0 Å². The van der Waals surface area contributed by atoms with Gasteiger partial charge in [-0.1, -0.05) is 34.1 Å². The molecule has 1 aliphatic carbocycles. The van der Waals surface area contributed by atoms with E-state index in [-0.39, 0.29) is 11.9 Å². The molecule has 1 atom stereocenters. The second-order valence-corrected chi connectivity index (χ2v) is 8.69. The van der Waals surface area contributed by atoms with E-state index >= 15 is 0 Å². The average Bonchev–Trinajstić information content (AvgIpc) is 2.98. The Balaban J connectivity index is 1.75. The number of methoxy groups -OCH3 is 1. The van der Waals surface area contributed by atoms with Crippen LogP contribution in [0, 0.1) is 11.3 Å². The van der Waals surface area contributed by atoms with Gasteiger partial charge in [0.05, 0.1) is 19.3 Å². The van der Waals surface area contributed by atoms with Crippen LogP contribution in [0.5, 0.6) is 0 Å². The van der Waals surface area contributed by atoms with Crippen molar-refractivity contribution in [3.05, 3.63) is 0 Å². The normalized spacial score (nSPS) is 30.5. The maximum Gasteiger partial charge on any atom is 0.168 e. The summed E-state index contributed by atoms with van der Waals surface area (Å²) in [4.78, 5) is 2.43.